The first-order valence-electron chi connectivity index (χ1n) is 7.62. The number of aromatic nitrogens is 1. The van der Waals surface area contributed by atoms with Gasteiger partial charge in [-0.1, -0.05) is 25.1 Å². The molecule has 4 nitrogen and oxygen atoms in total. The van der Waals surface area contributed by atoms with E-state index in [0.717, 1.165) is 18.7 Å². The Hall–Kier alpha value is -2.36. The zero-order valence-electron chi connectivity index (χ0n) is 13.3. The molecule has 0 N–H and O–H groups in total. The van der Waals surface area contributed by atoms with Crippen LogP contribution in [0.1, 0.15) is 35.2 Å². The predicted octanol–water partition coefficient (Wildman–Crippen LogP) is 3.30. The number of pyridine rings is 1. The minimum Gasteiger partial charge on any atom is -0.362 e. The smallest absolute Gasteiger partial charge is 0.262 e. The Morgan fingerprint density at radius 1 is 1.23 bits per heavy atom. The SMILES string of the molecule is C[C@@H]1CCN(C(=O)c2cccnc2N(C)C)c2ccccc21. The molecule has 1 atom stereocenters. The van der Waals surface area contributed by atoms with E-state index in [1.54, 1.807) is 6.20 Å². The molecular formula is C18H21N3O. The lowest BCUT2D eigenvalue weighted by Crippen LogP contribution is -2.37. The van der Waals surface area contributed by atoms with E-state index in [2.05, 4.69) is 18.0 Å². The highest BCUT2D eigenvalue weighted by Crippen LogP contribution is 2.36. The lowest BCUT2D eigenvalue weighted by atomic mass is 9.91. The fourth-order valence-corrected chi connectivity index (χ4v) is 3.03. The number of anilines is 2. The van der Waals surface area contributed by atoms with Gasteiger partial charge < -0.3 is 9.80 Å². The molecule has 3 rings (SSSR count). The molecule has 1 aliphatic rings. The molecule has 0 radical (unpaired) electrons. The van der Waals surface area contributed by atoms with Crippen LogP contribution in [0.5, 0.6) is 0 Å². The van der Waals surface area contributed by atoms with Gasteiger partial charge in [0.25, 0.3) is 5.91 Å². The Balaban J connectivity index is 2.02. The van der Waals surface area contributed by atoms with E-state index in [1.165, 1.54) is 5.56 Å². The van der Waals surface area contributed by atoms with E-state index >= 15 is 0 Å². The maximum Gasteiger partial charge on any atom is 0.262 e. The summed E-state index contributed by atoms with van der Waals surface area (Å²) in [5.41, 5.74) is 2.93. The van der Waals surface area contributed by atoms with Gasteiger partial charge >= 0.3 is 0 Å². The second kappa shape index (κ2) is 5.79. The van der Waals surface area contributed by atoms with Crippen molar-refractivity contribution in [1.82, 2.24) is 4.98 Å². The second-order valence-corrected chi connectivity index (χ2v) is 5.97. The summed E-state index contributed by atoms with van der Waals surface area (Å²) in [5.74, 6) is 1.22. The van der Waals surface area contributed by atoms with E-state index in [9.17, 15) is 4.79 Å². The zero-order valence-corrected chi connectivity index (χ0v) is 13.3. The monoisotopic (exact) mass is 295 g/mol. The molecule has 1 aromatic carbocycles. The Kier molecular flexibility index (Phi) is 3.84. The van der Waals surface area contributed by atoms with Crippen LogP contribution >= 0.6 is 0 Å². The first-order chi connectivity index (χ1) is 10.6. The van der Waals surface area contributed by atoms with Crippen LogP contribution in [0.15, 0.2) is 42.6 Å². The standard InChI is InChI=1S/C18H21N3O/c1-13-10-12-21(16-9-5-4-7-14(13)16)18(22)15-8-6-11-19-17(15)20(2)3/h4-9,11,13H,10,12H2,1-3H3/t13-/m1/s1. The van der Waals surface area contributed by atoms with Gasteiger partial charge in [0.05, 0.1) is 5.56 Å². The van der Waals surface area contributed by atoms with Crippen LogP contribution in [0.3, 0.4) is 0 Å². The number of rotatable bonds is 2. The van der Waals surface area contributed by atoms with Crippen molar-refractivity contribution in [3.05, 3.63) is 53.7 Å². The molecule has 4 heteroatoms. The molecule has 2 aromatic rings. The molecule has 0 unspecified atom stereocenters. The van der Waals surface area contributed by atoms with Gasteiger partial charge in [0, 0.05) is 32.5 Å². The Morgan fingerprint density at radius 3 is 2.77 bits per heavy atom. The summed E-state index contributed by atoms with van der Waals surface area (Å²) < 4.78 is 0. The van der Waals surface area contributed by atoms with Gasteiger partial charge in [0.1, 0.15) is 5.82 Å². The molecule has 1 aliphatic heterocycles. The van der Waals surface area contributed by atoms with Crippen LogP contribution in [-0.4, -0.2) is 31.5 Å². The fourth-order valence-electron chi connectivity index (χ4n) is 3.03. The lowest BCUT2D eigenvalue weighted by Gasteiger charge is -2.33. The van der Waals surface area contributed by atoms with Crippen LogP contribution in [0.25, 0.3) is 0 Å². The largest absolute Gasteiger partial charge is 0.362 e. The summed E-state index contributed by atoms with van der Waals surface area (Å²) in [7, 11) is 3.82. The molecule has 0 saturated heterocycles. The third kappa shape index (κ3) is 2.45. The molecule has 2 heterocycles. The van der Waals surface area contributed by atoms with Crippen molar-refractivity contribution in [2.75, 3.05) is 30.4 Å². The van der Waals surface area contributed by atoms with Crippen molar-refractivity contribution in [3.8, 4) is 0 Å². The average Bonchev–Trinajstić information content (AvgIpc) is 2.55. The molecule has 0 fully saturated rings. The Labute approximate surface area is 131 Å². The normalized spacial score (nSPS) is 17.0. The maximum atomic E-state index is 13.1. The summed E-state index contributed by atoms with van der Waals surface area (Å²) in [6.45, 7) is 2.97. The van der Waals surface area contributed by atoms with Crippen LogP contribution in [0.2, 0.25) is 0 Å². The van der Waals surface area contributed by atoms with Crippen LogP contribution in [0, 0.1) is 0 Å². The highest BCUT2D eigenvalue weighted by Gasteiger charge is 2.28. The minimum absolute atomic E-state index is 0.0242. The maximum absolute atomic E-state index is 13.1. The van der Waals surface area contributed by atoms with E-state index in [-0.39, 0.29) is 5.91 Å². The van der Waals surface area contributed by atoms with Crippen molar-refractivity contribution in [3.63, 3.8) is 0 Å². The highest BCUT2D eigenvalue weighted by molar-refractivity contribution is 6.09. The first-order valence-corrected chi connectivity index (χ1v) is 7.62. The molecule has 0 spiro atoms. The van der Waals surface area contributed by atoms with Crippen molar-refractivity contribution in [2.45, 2.75) is 19.3 Å². The van der Waals surface area contributed by atoms with Crippen LogP contribution in [-0.2, 0) is 0 Å². The number of hydrogen-bond donors (Lipinski definition) is 0. The topological polar surface area (TPSA) is 36.4 Å². The minimum atomic E-state index is 0.0242. The Morgan fingerprint density at radius 2 is 2.00 bits per heavy atom. The summed E-state index contributed by atoms with van der Waals surface area (Å²) in [4.78, 5) is 21.2. The molecule has 0 bridgehead atoms. The summed E-state index contributed by atoms with van der Waals surface area (Å²) in [6.07, 6.45) is 2.71. The molecule has 22 heavy (non-hydrogen) atoms. The molecule has 114 valence electrons. The third-order valence-electron chi connectivity index (χ3n) is 4.23. The third-order valence-corrected chi connectivity index (χ3v) is 4.23. The van der Waals surface area contributed by atoms with Gasteiger partial charge in [0.15, 0.2) is 0 Å². The lowest BCUT2D eigenvalue weighted by molar-refractivity contribution is 0.0984. The highest BCUT2D eigenvalue weighted by atomic mass is 16.2. The summed E-state index contributed by atoms with van der Waals surface area (Å²) in [5, 5.41) is 0. The quantitative estimate of drug-likeness (QED) is 0.853. The van der Waals surface area contributed by atoms with Crippen LogP contribution in [0.4, 0.5) is 11.5 Å². The van der Waals surface area contributed by atoms with Crippen molar-refractivity contribution in [1.29, 1.82) is 0 Å². The molecule has 1 amide bonds. The van der Waals surface area contributed by atoms with E-state index in [0.29, 0.717) is 17.3 Å². The van der Waals surface area contributed by atoms with Crippen molar-refractivity contribution in [2.24, 2.45) is 0 Å². The zero-order chi connectivity index (χ0) is 15.7. The molecule has 0 aliphatic carbocycles. The number of carbonyl (C=O) groups excluding carboxylic acids is 1. The van der Waals surface area contributed by atoms with E-state index < -0.39 is 0 Å². The van der Waals surface area contributed by atoms with Crippen molar-refractivity contribution >= 4 is 17.4 Å². The van der Waals surface area contributed by atoms with Gasteiger partial charge in [-0.15, -0.1) is 0 Å². The van der Waals surface area contributed by atoms with Gasteiger partial charge in [0.2, 0.25) is 0 Å². The van der Waals surface area contributed by atoms with Crippen LogP contribution < -0.4 is 9.80 Å². The number of carbonyl (C=O) groups is 1. The Bertz CT molecular complexity index is 696. The van der Waals surface area contributed by atoms with Gasteiger partial charge in [-0.3, -0.25) is 4.79 Å². The van der Waals surface area contributed by atoms with Gasteiger partial charge in [-0.05, 0) is 36.1 Å². The summed E-state index contributed by atoms with van der Waals surface area (Å²) >= 11 is 0. The number of para-hydroxylation sites is 1. The molecule has 1 aromatic heterocycles. The second-order valence-electron chi connectivity index (χ2n) is 5.97. The molecular weight excluding hydrogens is 274 g/mol. The molecule has 0 saturated carbocycles. The number of amides is 1. The van der Waals surface area contributed by atoms with E-state index in [1.807, 2.05) is 54.2 Å². The average molecular weight is 295 g/mol. The first kappa shape index (κ1) is 14.6. The number of benzene rings is 1. The van der Waals surface area contributed by atoms with Gasteiger partial charge in [-0.2, -0.15) is 0 Å². The summed E-state index contributed by atoms with van der Waals surface area (Å²) in [6, 6.07) is 11.9. The number of hydrogen-bond acceptors (Lipinski definition) is 3. The van der Waals surface area contributed by atoms with Crippen molar-refractivity contribution < 1.29 is 4.79 Å². The fraction of sp³-hybridized carbons (Fsp3) is 0.333. The van der Waals surface area contributed by atoms with E-state index in [4.69, 9.17) is 0 Å². The predicted molar refractivity (Wildman–Crippen MR) is 89.7 cm³/mol. The van der Waals surface area contributed by atoms with Gasteiger partial charge in [-0.25, -0.2) is 4.98 Å². The number of fused-ring (bicyclic) bond motifs is 1. The number of nitrogens with zero attached hydrogens (tertiary/aromatic N) is 3.